The summed E-state index contributed by atoms with van der Waals surface area (Å²) in [6, 6.07) is 0.538. The molecule has 2 unspecified atom stereocenters. The van der Waals surface area contributed by atoms with Crippen LogP contribution < -0.4 is 5.32 Å². The van der Waals surface area contributed by atoms with E-state index in [0.717, 1.165) is 5.69 Å². The van der Waals surface area contributed by atoms with Gasteiger partial charge in [0.2, 0.25) is 0 Å². The highest BCUT2D eigenvalue weighted by Gasteiger charge is 2.15. The van der Waals surface area contributed by atoms with E-state index in [1.165, 1.54) is 11.3 Å². The quantitative estimate of drug-likeness (QED) is 0.907. The fourth-order valence-corrected chi connectivity index (χ4v) is 2.57. The second-order valence-electron chi connectivity index (χ2n) is 4.33. The van der Waals surface area contributed by atoms with E-state index < -0.39 is 0 Å². The zero-order valence-corrected chi connectivity index (χ0v) is 11.5. The maximum absolute atomic E-state index is 4.33. The third-order valence-electron chi connectivity index (χ3n) is 3.13. The fourth-order valence-electron chi connectivity index (χ4n) is 1.93. The topological polar surface area (TPSA) is 42.7 Å². The van der Waals surface area contributed by atoms with Crippen LogP contribution >= 0.6 is 11.3 Å². The zero-order valence-electron chi connectivity index (χ0n) is 10.6. The maximum Gasteiger partial charge on any atom is 0.0795 e. The lowest BCUT2D eigenvalue weighted by Crippen LogP contribution is -2.23. The Labute approximate surface area is 106 Å². The number of rotatable bonds is 4. The van der Waals surface area contributed by atoms with Crippen LogP contribution in [0.1, 0.15) is 42.9 Å². The van der Waals surface area contributed by atoms with Crippen LogP contribution in [0, 0.1) is 6.92 Å². The molecule has 0 aliphatic heterocycles. The molecule has 0 spiro atoms. The van der Waals surface area contributed by atoms with Gasteiger partial charge in [0.15, 0.2) is 0 Å². The molecule has 0 bridgehead atoms. The summed E-state index contributed by atoms with van der Waals surface area (Å²) in [4.78, 5) is 4.33. The highest BCUT2D eigenvalue weighted by Crippen LogP contribution is 2.21. The van der Waals surface area contributed by atoms with Gasteiger partial charge in [-0.25, -0.2) is 4.98 Å². The van der Waals surface area contributed by atoms with Gasteiger partial charge in [0.25, 0.3) is 0 Å². The lowest BCUT2D eigenvalue weighted by Gasteiger charge is -2.18. The summed E-state index contributed by atoms with van der Waals surface area (Å²) in [6.07, 6.45) is 1.93. The molecule has 2 heterocycles. The Bertz CT molecular complexity index is 475. The molecule has 0 aliphatic carbocycles. The molecule has 0 aliphatic rings. The Balaban J connectivity index is 2.07. The van der Waals surface area contributed by atoms with Crippen molar-refractivity contribution in [3.05, 3.63) is 34.0 Å². The molecule has 0 radical (unpaired) electrons. The molecule has 0 saturated heterocycles. The van der Waals surface area contributed by atoms with Crippen molar-refractivity contribution in [1.82, 2.24) is 20.1 Å². The van der Waals surface area contributed by atoms with Crippen LogP contribution in [0.2, 0.25) is 0 Å². The molecule has 0 aromatic carbocycles. The minimum Gasteiger partial charge on any atom is -0.302 e. The van der Waals surface area contributed by atoms with E-state index in [2.05, 4.69) is 41.6 Å². The first-order valence-electron chi connectivity index (χ1n) is 5.72. The summed E-state index contributed by atoms with van der Waals surface area (Å²) in [7, 11) is 1.97. The lowest BCUT2D eigenvalue weighted by molar-refractivity contribution is 0.486. The van der Waals surface area contributed by atoms with Gasteiger partial charge in [0.05, 0.1) is 17.4 Å². The Morgan fingerprint density at radius 1 is 1.35 bits per heavy atom. The average Bonchev–Trinajstić information content (AvgIpc) is 2.90. The molecule has 5 heteroatoms. The minimum atomic E-state index is 0.260. The minimum absolute atomic E-state index is 0.260. The van der Waals surface area contributed by atoms with Gasteiger partial charge in [-0.2, -0.15) is 5.10 Å². The number of hydrogen-bond donors (Lipinski definition) is 1. The van der Waals surface area contributed by atoms with Crippen LogP contribution in [0.25, 0.3) is 0 Å². The van der Waals surface area contributed by atoms with Gasteiger partial charge in [-0.3, -0.25) is 4.68 Å². The first-order chi connectivity index (χ1) is 8.09. The fraction of sp³-hybridized carbons (Fsp3) is 0.500. The van der Waals surface area contributed by atoms with E-state index in [1.54, 1.807) is 11.3 Å². The van der Waals surface area contributed by atoms with Gasteiger partial charge < -0.3 is 5.32 Å². The molecule has 2 aromatic rings. The smallest absolute Gasteiger partial charge is 0.0795 e. The van der Waals surface area contributed by atoms with E-state index in [4.69, 9.17) is 0 Å². The number of aromatic nitrogens is 3. The van der Waals surface area contributed by atoms with Crippen LogP contribution in [0.5, 0.6) is 0 Å². The van der Waals surface area contributed by atoms with Gasteiger partial charge in [-0.1, -0.05) is 0 Å². The first kappa shape index (κ1) is 12.3. The first-order valence-corrected chi connectivity index (χ1v) is 6.66. The van der Waals surface area contributed by atoms with E-state index in [-0.39, 0.29) is 12.1 Å². The van der Waals surface area contributed by atoms with Crippen molar-refractivity contribution in [2.75, 3.05) is 0 Å². The molecule has 2 atom stereocenters. The average molecular weight is 250 g/mol. The van der Waals surface area contributed by atoms with Gasteiger partial charge in [-0.15, -0.1) is 11.3 Å². The number of hydrogen-bond acceptors (Lipinski definition) is 4. The van der Waals surface area contributed by atoms with Crippen LogP contribution in [0.4, 0.5) is 0 Å². The molecule has 0 fully saturated rings. The Kier molecular flexibility index (Phi) is 3.59. The summed E-state index contributed by atoms with van der Waals surface area (Å²) in [6.45, 7) is 6.39. The Morgan fingerprint density at radius 3 is 2.65 bits per heavy atom. The molecule has 92 valence electrons. The molecule has 2 rings (SSSR count). The number of nitrogens with one attached hydrogen (secondary N) is 1. The Morgan fingerprint density at radius 2 is 2.12 bits per heavy atom. The van der Waals surface area contributed by atoms with Crippen LogP contribution in [0.3, 0.4) is 0 Å². The Hall–Kier alpha value is -1.20. The largest absolute Gasteiger partial charge is 0.302 e. The van der Waals surface area contributed by atoms with Crippen LogP contribution in [0.15, 0.2) is 17.1 Å². The van der Waals surface area contributed by atoms with Crippen molar-refractivity contribution >= 4 is 11.3 Å². The summed E-state index contributed by atoms with van der Waals surface area (Å²) < 4.78 is 1.90. The number of aryl methyl sites for hydroxylation is 1. The van der Waals surface area contributed by atoms with Gasteiger partial charge in [-0.05, 0) is 20.8 Å². The second-order valence-corrected chi connectivity index (χ2v) is 5.05. The monoisotopic (exact) mass is 250 g/mol. The van der Waals surface area contributed by atoms with Crippen LogP contribution in [-0.2, 0) is 7.05 Å². The molecule has 0 amide bonds. The lowest BCUT2D eigenvalue weighted by atomic mass is 10.1. The standard InChI is InChI=1S/C12H18N4S/c1-8(11-5-14-16(4)10(11)3)15-9(2)12-6-17-7-13-12/h5-9,15H,1-4H3. The molecule has 2 aromatic heterocycles. The van der Waals surface area contributed by atoms with Crippen LogP contribution in [-0.4, -0.2) is 14.8 Å². The van der Waals surface area contributed by atoms with Crippen molar-refractivity contribution in [3.8, 4) is 0 Å². The third kappa shape index (κ3) is 2.56. The van der Waals surface area contributed by atoms with Gasteiger partial charge >= 0.3 is 0 Å². The van der Waals surface area contributed by atoms with Crippen molar-refractivity contribution < 1.29 is 0 Å². The number of thiazole rings is 1. The molecule has 1 N–H and O–H groups in total. The normalized spacial score (nSPS) is 14.8. The molecular formula is C12H18N4S. The molecular weight excluding hydrogens is 232 g/mol. The summed E-state index contributed by atoms with van der Waals surface area (Å²) in [5.41, 5.74) is 5.42. The third-order valence-corrected chi connectivity index (χ3v) is 3.74. The molecule has 17 heavy (non-hydrogen) atoms. The predicted octanol–water partition coefficient (Wildman–Crippen LogP) is 2.60. The summed E-state index contributed by atoms with van der Waals surface area (Å²) >= 11 is 1.63. The summed E-state index contributed by atoms with van der Waals surface area (Å²) in [5, 5.41) is 9.90. The van der Waals surface area contributed by atoms with Gasteiger partial charge in [0, 0.05) is 35.8 Å². The second kappa shape index (κ2) is 4.98. The van der Waals surface area contributed by atoms with Crippen molar-refractivity contribution in [3.63, 3.8) is 0 Å². The molecule has 0 saturated carbocycles. The van der Waals surface area contributed by atoms with Crippen molar-refractivity contribution in [2.24, 2.45) is 7.05 Å². The SMILES string of the molecule is Cc1c(C(C)NC(C)c2cscn2)cnn1C. The van der Waals surface area contributed by atoms with E-state index in [1.807, 2.05) is 23.4 Å². The number of nitrogens with zero attached hydrogens (tertiary/aromatic N) is 3. The predicted molar refractivity (Wildman–Crippen MR) is 70.0 cm³/mol. The van der Waals surface area contributed by atoms with Crippen molar-refractivity contribution in [2.45, 2.75) is 32.9 Å². The van der Waals surface area contributed by atoms with E-state index >= 15 is 0 Å². The zero-order chi connectivity index (χ0) is 12.4. The van der Waals surface area contributed by atoms with Crippen molar-refractivity contribution in [1.29, 1.82) is 0 Å². The highest BCUT2D eigenvalue weighted by molar-refractivity contribution is 7.07. The van der Waals surface area contributed by atoms with E-state index in [9.17, 15) is 0 Å². The molecule has 4 nitrogen and oxygen atoms in total. The summed E-state index contributed by atoms with van der Waals surface area (Å²) in [5.74, 6) is 0. The highest BCUT2D eigenvalue weighted by atomic mass is 32.1. The van der Waals surface area contributed by atoms with Gasteiger partial charge in [0.1, 0.15) is 0 Å². The maximum atomic E-state index is 4.33. The van der Waals surface area contributed by atoms with E-state index in [0.29, 0.717) is 0 Å².